The van der Waals surface area contributed by atoms with Gasteiger partial charge in [0.05, 0.1) is 0 Å². The van der Waals surface area contributed by atoms with Crippen molar-refractivity contribution in [1.29, 1.82) is 0 Å². The van der Waals surface area contributed by atoms with Crippen LogP contribution in [0.3, 0.4) is 0 Å². The Kier molecular flexibility index (Phi) is 8.04. The number of rotatable bonds is 10. The van der Waals surface area contributed by atoms with Crippen LogP contribution in [-0.2, 0) is 12.8 Å². The van der Waals surface area contributed by atoms with Crippen molar-refractivity contribution in [2.45, 2.75) is 52.4 Å². The van der Waals surface area contributed by atoms with Crippen molar-refractivity contribution in [3.05, 3.63) is 83.9 Å². The fourth-order valence-corrected chi connectivity index (χ4v) is 4.86. The van der Waals surface area contributed by atoms with E-state index in [1.165, 1.54) is 5.56 Å². The predicted molar refractivity (Wildman–Crippen MR) is 129 cm³/mol. The summed E-state index contributed by atoms with van der Waals surface area (Å²) in [6, 6.07) is 23.4. The Morgan fingerprint density at radius 2 is 1.43 bits per heavy atom. The van der Waals surface area contributed by atoms with Crippen LogP contribution >= 0.6 is 7.94 Å². The van der Waals surface area contributed by atoms with E-state index < -0.39 is 7.94 Å². The predicted octanol–water partition coefficient (Wildman–Crippen LogP) is 6.22. The zero-order chi connectivity index (χ0) is 21.4. The van der Waals surface area contributed by atoms with Gasteiger partial charge in [0, 0.05) is 0 Å². The molecule has 0 saturated carbocycles. The van der Waals surface area contributed by atoms with E-state index in [1.807, 2.05) is 60.7 Å². The van der Waals surface area contributed by atoms with Crippen LogP contribution in [0, 0.1) is 0 Å². The normalized spacial score (nSPS) is 12.0. The van der Waals surface area contributed by atoms with Gasteiger partial charge in [0.25, 0.3) is 0 Å². The Bertz CT molecular complexity index is 938. The van der Waals surface area contributed by atoms with Gasteiger partial charge >= 0.3 is 181 Å². The summed E-state index contributed by atoms with van der Waals surface area (Å²) in [5.41, 5.74) is 4.32. The molecule has 0 unspecified atom stereocenters. The van der Waals surface area contributed by atoms with Crippen molar-refractivity contribution in [3.8, 4) is 16.9 Å². The van der Waals surface area contributed by atoms with Crippen molar-refractivity contribution >= 4 is 13.2 Å². The molecule has 3 aromatic rings. The third-order valence-electron chi connectivity index (χ3n) is 5.34. The summed E-state index contributed by atoms with van der Waals surface area (Å²) >= 11 is 0. The van der Waals surface area contributed by atoms with Crippen molar-refractivity contribution in [1.82, 2.24) is 0 Å². The van der Waals surface area contributed by atoms with Gasteiger partial charge in [-0.15, -0.1) is 0 Å². The Balaban J connectivity index is 1.87. The SMILES string of the molecule is CCCCc1ccc(O[PH](O)(O)c2cccc(-c3ccccc3)c2)c(CCCC)c1. The van der Waals surface area contributed by atoms with E-state index in [1.54, 1.807) is 6.07 Å². The number of aryl methyl sites for hydroxylation is 2. The van der Waals surface area contributed by atoms with E-state index in [0.717, 1.165) is 55.2 Å². The monoisotopic (exact) mass is 424 g/mol. The molecule has 0 saturated heterocycles. The molecule has 4 heteroatoms. The number of unbranched alkanes of at least 4 members (excludes halogenated alkanes) is 2. The molecule has 0 aliphatic heterocycles. The minimum atomic E-state index is -4.10. The molecule has 0 spiro atoms. The standard InChI is InChI=1S/C26H33O3P/c1-3-5-11-21-17-18-26(24(19-21)12-6-4-2)29-30(27,28)25-16-10-15-23(20-25)22-13-8-7-9-14-22/h7-10,13-20,27-28,30H,3-6,11-12H2,1-2H3. The quantitative estimate of drug-likeness (QED) is 0.380. The first-order valence-corrected chi connectivity index (χ1v) is 12.7. The number of hydrogen-bond donors (Lipinski definition) is 2. The van der Waals surface area contributed by atoms with E-state index in [0.29, 0.717) is 11.1 Å². The zero-order valence-corrected chi connectivity index (χ0v) is 19.0. The van der Waals surface area contributed by atoms with Crippen LogP contribution in [-0.4, -0.2) is 9.79 Å². The van der Waals surface area contributed by atoms with Gasteiger partial charge in [0.15, 0.2) is 0 Å². The van der Waals surface area contributed by atoms with Gasteiger partial charge in [-0.1, -0.05) is 0 Å². The van der Waals surface area contributed by atoms with E-state index in [2.05, 4.69) is 19.9 Å². The van der Waals surface area contributed by atoms with Gasteiger partial charge in [0.1, 0.15) is 0 Å². The van der Waals surface area contributed by atoms with E-state index in [9.17, 15) is 9.79 Å². The molecule has 30 heavy (non-hydrogen) atoms. The summed E-state index contributed by atoms with van der Waals surface area (Å²) in [5, 5.41) is 0.445. The summed E-state index contributed by atoms with van der Waals surface area (Å²) in [6.07, 6.45) is 6.35. The maximum absolute atomic E-state index is 10.9. The summed E-state index contributed by atoms with van der Waals surface area (Å²) in [4.78, 5) is 21.9. The molecule has 0 aliphatic carbocycles. The van der Waals surface area contributed by atoms with Crippen LogP contribution in [0.25, 0.3) is 11.1 Å². The molecule has 0 heterocycles. The second-order valence-electron chi connectivity index (χ2n) is 7.81. The molecule has 0 fully saturated rings. The van der Waals surface area contributed by atoms with Crippen molar-refractivity contribution in [2.75, 3.05) is 0 Å². The molecular weight excluding hydrogens is 391 g/mol. The topological polar surface area (TPSA) is 49.7 Å². The molecule has 2 N–H and O–H groups in total. The number of benzene rings is 3. The van der Waals surface area contributed by atoms with Gasteiger partial charge in [-0.2, -0.15) is 0 Å². The van der Waals surface area contributed by atoms with Gasteiger partial charge in [0.2, 0.25) is 0 Å². The Morgan fingerprint density at radius 3 is 2.17 bits per heavy atom. The van der Waals surface area contributed by atoms with E-state index in [-0.39, 0.29) is 0 Å². The summed E-state index contributed by atoms with van der Waals surface area (Å²) < 4.78 is 5.92. The van der Waals surface area contributed by atoms with Crippen LogP contribution in [0.15, 0.2) is 72.8 Å². The molecule has 3 aromatic carbocycles. The second-order valence-corrected chi connectivity index (χ2v) is 9.80. The maximum atomic E-state index is 10.9. The average Bonchev–Trinajstić information content (AvgIpc) is 2.78. The van der Waals surface area contributed by atoms with Gasteiger partial charge in [-0.3, -0.25) is 0 Å². The van der Waals surface area contributed by atoms with Crippen molar-refractivity contribution < 1.29 is 14.3 Å². The fraction of sp³-hybridized carbons (Fsp3) is 0.308. The minimum absolute atomic E-state index is 0.445. The van der Waals surface area contributed by atoms with Gasteiger partial charge in [-0.05, 0) is 0 Å². The van der Waals surface area contributed by atoms with Gasteiger partial charge in [-0.25, -0.2) is 0 Å². The first kappa shape index (κ1) is 22.5. The molecular formula is C26H33O3P. The van der Waals surface area contributed by atoms with Crippen molar-refractivity contribution in [3.63, 3.8) is 0 Å². The Hall–Kier alpha value is -2.19. The second kappa shape index (κ2) is 10.7. The molecule has 3 nitrogen and oxygen atoms in total. The molecule has 0 aromatic heterocycles. The first-order valence-electron chi connectivity index (χ1n) is 10.9. The molecule has 0 bridgehead atoms. The van der Waals surface area contributed by atoms with Crippen molar-refractivity contribution in [2.24, 2.45) is 0 Å². The van der Waals surface area contributed by atoms with Crippen LogP contribution < -0.4 is 9.83 Å². The summed E-state index contributed by atoms with van der Waals surface area (Å²) in [7, 11) is -4.10. The Labute approximate surface area is 181 Å². The number of hydrogen-bond acceptors (Lipinski definition) is 3. The van der Waals surface area contributed by atoms with Gasteiger partial charge < -0.3 is 0 Å². The summed E-state index contributed by atoms with van der Waals surface area (Å²) in [5.74, 6) is 0.588. The third-order valence-corrected chi connectivity index (χ3v) is 6.91. The van der Waals surface area contributed by atoms with Crippen LogP contribution in [0.4, 0.5) is 0 Å². The van der Waals surface area contributed by atoms with E-state index in [4.69, 9.17) is 4.52 Å². The van der Waals surface area contributed by atoms with Crippen LogP contribution in [0.5, 0.6) is 5.75 Å². The zero-order valence-electron chi connectivity index (χ0n) is 18.0. The molecule has 0 radical (unpaired) electrons. The van der Waals surface area contributed by atoms with E-state index >= 15 is 0 Å². The average molecular weight is 425 g/mol. The third kappa shape index (κ3) is 5.92. The molecule has 0 amide bonds. The molecule has 0 atom stereocenters. The molecule has 160 valence electrons. The molecule has 0 aliphatic rings. The summed E-state index contributed by atoms with van der Waals surface area (Å²) in [6.45, 7) is 4.35. The van der Waals surface area contributed by atoms with Crippen LogP contribution in [0.1, 0.15) is 50.7 Å². The van der Waals surface area contributed by atoms with Crippen LogP contribution in [0.2, 0.25) is 0 Å². The first-order chi connectivity index (χ1) is 14.5. The molecule has 3 rings (SSSR count). The fourth-order valence-electron chi connectivity index (χ4n) is 3.58. The Morgan fingerprint density at radius 1 is 0.733 bits per heavy atom.